The lowest BCUT2D eigenvalue weighted by atomic mass is 10.2. The molecule has 1 fully saturated rings. The number of nitrogens with one attached hydrogen (secondary N) is 2. The number of piperazine rings is 1. The van der Waals surface area contributed by atoms with E-state index in [-0.39, 0.29) is 11.4 Å². The van der Waals surface area contributed by atoms with E-state index in [4.69, 9.17) is 0 Å². The number of hydrogen-bond acceptors (Lipinski definition) is 6. The van der Waals surface area contributed by atoms with Crippen LogP contribution in [-0.4, -0.2) is 57.5 Å². The van der Waals surface area contributed by atoms with Crippen molar-refractivity contribution in [3.8, 4) is 0 Å². The molecule has 0 saturated carbocycles. The van der Waals surface area contributed by atoms with Crippen LogP contribution in [0.15, 0.2) is 24.3 Å². The van der Waals surface area contributed by atoms with Crippen molar-refractivity contribution in [1.82, 2.24) is 14.9 Å². The monoisotopic (exact) mass is 342 g/mol. The highest BCUT2D eigenvalue weighted by Crippen LogP contribution is 2.13. The molecule has 0 aromatic heterocycles. The molecule has 0 unspecified atom stereocenters. The zero-order chi connectivity index (χ0) is 16.7. The quantitative estimate of drug-likeness (QED) is 0.400. The van der Waals surface area contributed by atoms with Gasteiger partial charge in [0.05, 0.1) is 10.7 Å². The van der Waals surface area contributed by atoms with Crippen LogP contribution in [0.5, 0.6) is 0 Å². The van der Waals surface area contributed by atoms with E-state index in [2.05, 4.69) is 14.9 Å². The molecule has 128 valence electrons. The number of nitro benzene ring substituents is 1. The summed E-state index contributed by atoms with van der Waals surface area (Å²) >= 11 is 0. The molecule has 1 saturated heterocycles. The molecule has 23 heavy (non-hydrogen) atoms. The van der Waals surface area contributed by atoms with E-state index in [9.17, 15) is 18.5 Å². The molecule has 1 aromatic rings. The first-order valence-corrected chi connectivity index (χ1v) is 9.25. The predicted octanol–water partition coefficient (Wildman–Crippen LogP) is 0.310. The SMILES string of the molecule is O=[N+]([O-])c1ccc(CS(=O)(=O)NCCCN2CCNCC2)cc1. The first-order chi connectivity index (χ1) is 11.0. The second-order valence-electron chi connectivity index (χ2n) is 5.52. The van der Waals surface area contributed by atoms with Crippen molar-refractivity contribution in [2.75, 3.05) is 39.3 Å². The summed E-state index contributed by atoms with van der Waals surface area (Å²) in [6, 6.07) is 5.57. The van der Waals surface area contributed by atoms with Crippen LogP contribution in [0.3, 0.4) is 0 Å². The van der Waals surface area contributed by atoms with Gasteiger partial charge in [-0.1, -0.05) is 12.1 Å². The Kier molecular flexibility index (Phi) is 6.46. The van der Waals surface area contributed by atoms with Gasteiger partial charge in [-0.3, -0.25) is 10.1 Å². The van der Waals surface area contributed by atoms with Crippen LogP contribution in [0.1, 0.15) is 12.0 Å². The second kappa shape index (κ2) is 8.34. The number of hydrogen-bond donors (Lipinski definition) is 2. The van der Waals surface area contributed by atoms with E-state index in [0.29, 0.717) is 12.1 Å². The maximum atomic E-state index is 12.0. The predicted molar refractivity (Wildman–Crippen MR) is 87.6 cm³/mol. The topological polar surface area (TPSA) is 105 Å². The van der Waals surface area contributed by atoms with Gasteiger partial charge in [0, 0.05) is 44.9 Å². The van der Waals surface area contributed by atoms with Crippen LogP contribution in [0.25, 0.3) is 0 Å². The highest BCUT2D eigenvalue weighted by Gasteiger charge is 2.13. The smallest absolute Gasteiger partial charge is 0.269 e. The normalized spacial score (nSPS) is 16.3. The van der Waals surface area contributed by atoms with Crippen LogP contribution in [0.4, 0.5) is 5.69 Å². The maximum Gasteiger partial charge on any atom is 0.269 e. The summed E-state index contributed by atoms with van der Waals surface area (Å²) in [5.74, 6) is -0.168. The molecule has 0 amide bonds. The van der Waals surface area contributed by atoms with Crippen molar-refractivity contribution in [3.05, 3.63) is 39.9 Å². The lowest BCUT2D eigenvalue weighted by molar-refractivity contribution is -0.384. The Labute approximate surface area is 136 Å². The molecular weight excluding hydrogens is 320 g/mol. The van der Waals surface area contributed by atoms with Crippen LogP contribution >= 0.6 is 0 Å². The van der Waals surface area contributed by atoms with E-state index < -0.39 is 14.9 Å². The summed E-state index contributed by atoms with van der Waals surface area (Å²) in [5, 5.41) is 13.8. The molecule has 1 aliphatic heterocycles. The molecule has 0 bridgehead atoms. The van der Waals surface area contributed by atoms with E-state index in [1.807, 2.05) is 0 Å². The van der Waals surface area contributed by atoms with Gasteiger partial charge in [-0.15, -0.1) is 0 Å². The standard InChI is InChI=1S/C14H22N4O4S/c19-18(20)14-4-2-13(3-5-14)12-23(21,22)16-6-1-9-17-10-7-15-8-11-17/h2-5,15-16H,1,6-12H2. The molecule has 0 radical (unpaired) electrons. The Morgan fingerprint density at radius 3 is 2.48 bits per heavy atom. The summed E-state index contributed by atoms with van der Waals surface area (Å²) in [4.78, 5) is 12.4. The summed E-state index contributed by atoms with van der Waals surface area (Å²) in [7, 11) is -3.42. The first-order valence-electron chi connectivity index (χ1n) is 7.60. The third kappa shape index (κ3) is 6.22. The molecule has 1 aliphatic rings. The van der Waals surface area contributed by atoms with Crippen LogP contribution in [-0.2, 0) is 15.8 Å². The minimum atomic E-state index is -3.42. The van der Waals surface area contributed by atoms with Gasteiger partial charge in [0.15, 0.2) is 0 Å². The number of nitrogens with zero attached hydrogens (tertiary/aromatic N) is 2. The average Bonchev–Trinajstić information content (AvgIpc) is 2.53. The highest BCUT2D eigenvalue weighted by molar-refractivity contribution is 7.88. The van der Waals surface area contributed by atoms with Gasteiger partial charge in [-0.05, 0) is 18.5 Å². The lowest BCUT2D eigenvalue weighted by Crippen LogP contribution is -2.44. The molecule has 2 rings (SSSR count). The molecule has 9 heteroatoms. The van der Waals surface area contributed by atoms with E-state index in [1.165, 1.54) is 24.3 Å². The van der Waals surface area contributed by atoms with Crippen LogP contribution in [0, 0.1) is 10.1 Å². The zero-order valence-corrected chi connectivity index (χ0v) is 13.7. The molecule has 8 nitrogen and oxygen atoms in total. The van der Waals surface area contributed by atoms with Gasteiger partial charge in [0.25, 0.3) is 5.69 Å². The Bertz CT molecular complexity index is 612. The van der Waals surface area contributed by atoms with Gasteiger partial charge < -0.3 is 10.2 Å². The number of non-ortho nitro benzene ring substituents is 1. The lowest BCUT2D eigenvalue weighted by Gasteiger charge is -2.27. The molecule has 0 spiro atoms. The molecular formula is C14H22N4O4S. The Morgan fingerprint density at radius 1 is 1.22 bits per heavy atom. The fraction of sp³-hybridized carbons (Fsp3) is 0.571. The van der Waals surface area contributed by atoms with Gasteiger partial charge in [-0.25, -0.2) is 13.1 Å². The second-order valence-corrected chi connectivity index (χ2v) is 7.33. The Balaban J connectivity index is 1.74. The van der Waals surface area contributed by atoms with Crippen LogP contribution in [0.2, 0.25) is 0 Å². The summed E-state index contributed by atoms with van der Waals surface area (Å²) < 4.78 is 26.6. The first kappa shape index (κ1) is 17.8. The third-order valence-electron chi connectivity index (χ3n) is 3.69. The summed E-state index contributed by atoms with van der Waals surface area (Å²) in [5.41, 5.74) is 0.486. The summed E-state index contributed by atoms with van der Waals surface area (Å²) in [6.45, 7) is 5.23. The molecule has 2 N–H and O–H groups in total. The van der Waals surface area contributed by atoms with Gasteiger partial charge in [0.2, 0.25) is 10.0 Å². The van der Waals surface area contributed by atoms with Gasteiger partial charge >= 0.3 is 0 Å². The van der Waals surface area contributed by atoms with E-state index in [0.717, 1.165) is 39.1 Å². The van der Waals surface area contributed by atoms with Gasteiger partial charge in [0.1, 0.15) is 0 Å². The average molecular weight is 342 g/mol. The molecule has 0 atom stereocenters. The van der Waals surface area contributed by atoms with Crippen molar-refractivity contribution in [1.29, 1.82) is 0 Å². The number of rotatable bonds is 8. The fourth-order valence-electron chi connectivity index (χ4n) is 2.45. The van der Waals surface area contributed by atoms with Crippen molar-refractivity contribution < 1.29 is 13.3 Å². The molecule has 1 aromatic carbocycles. The van der Waals surface area contributed by atoms with E-state index in [1.54, 1.807) is 0 Å². The van der Waals surface area contributed by atoms with Crippen LogP contribution < -0.4 is 10.0 Å². The van der Waals surface area contributed by atoms with E-state index >= 15 is 0 Å². The highest BCUT2D eigenvalue weighted by atomic mass is 32.2. The van der Waals surface area contributed by atoms with Crippen molar-refractivity contribution >= 4 is 15.7 Å². The van der Waals surface area contributed by atoms with Crippen molar-refractivity contribution in [2.24, 2.45) is 0 Å². The minimum Gasteiger partial charge on any atom is -0.314 e. The number of sulfonamides is 1. The van der Waals surface area contributed by atoms with Crippen molar-refractivity contribution in [3.63, 3.8) is 0 Å². The minimum absolute atomic E-state index is 0.0462. The Hall–Kier alpha value is -1.55. The number of nitro groups is 1. The zero-order valence-electron chi connectivity index (χ0n) is 12.9. The Morgan fingerprint density at radius 2 is 1.87 bits per heavy atom. The van der Waals surface area contributed by atoms with Gasteiger partial charge in [-0.2, -0.15) is 0 Å². The fourth-order valence-corrected chi connectivity index (χ4v) is 3.64. The summed E-state index contributed by atoms with van der Waals surface area (Å²) in [6.07, 6.45) is 0.763. The third-order valence-corrected chi connectivity index (χ3v) is 5.04. The molecule has 1 heterocycles. The number of benzene rings is 1. The van der Waals surface area contributed by atoms with Crippen molar-refractivity contribution in [2.45, 2.75) is 12.2 Å². The maximum absolute atomic E-state index is 12.0. The largest absolute Gasteiger partial charge is 0.314 e. The molecule has 0 aliphatic carbocycles.